The first kappa shape index (κ1) is 13.9. The van der Waals surface area contributed by atoms with Gasteiger partial charge < -0.3 is 16.0 Å². The fraction of sp³-hybridized carbons (Fsp3) is 0.188. The van der Waals surface area contributed by atoms with Crippen molar-refractivity contribution in [3.05, 3.63) is 54.1 Å². The molecule has 4 heteroatoms. The Bertz CT molecular complexity index is 591. The van der Waals surface area contributed by atoms with E-state index in [0.717, 1.165) is 16.9 Å². The number of nitrogens with one attached hydrogen (secondary N) is 1. The van der Waals surface area contributed by atoms with Crippen molar-refractivity contribution in [1.82, 2.24) is 0 Å². The first-order valence-corrected chi connectivity index (χ1v) is 6.46. The lowest BCUT2D eigenvalue weighted by Gasteiger charge is -2.14. The van der Waals surface area contributed by atoms with Crippen LogP contribution in [-0.2, 0) is 11.2 Å². The highest BCUT2D eigenvalue weighted by molar-refractivity contribution is 5.92. The number of amides is 1. The lowest BCUT2D eigenvalue weighted by Crippen LogP contribution is -2.15. The largest absolute Gasteiger partial charge is 0.399 e. The van der Waals surface area contributed by atoms with Gasteiger partial charge in [0.1, 0.15) is 0 Å². The summed E-state index contributed by atoms with van der Waals surface area (Å²) in [7, 11) is 3.94. The molecule has 0 spiro atoms. The van der Waals surface area contributed by atoms with E-state index in [2.05, 4.69) is 5.32 Å². The smallest absolute Gasteiger partial charge is 0.228 e. The highest BCUT2D eigenvalue weighted by Crippen LogP contribution is 2.17. The van der Waals surface area contributed by atoms with Gasteiger partial charge in [-0.25, -0.2) is 0 Å². The minimum Gasteiger partial charge on any atom is -0.399 e. The number of rotatable bonds is 4. The van der Waals surface area contributed by atoms with Gasteiger partial charge in [0.05, 0.1) is 6.42 Å². The summed E-state index contributed by atoms with van der Waals surface area (Å²) in [5, 5.41) is 2.90. The Kier molecular flexibility index (Phi) is 4.25. The molecular formula is C16H19N3O. The molecule has 0 aliphatic rings. The molecular weight excluding hydrogens is 250 g/mol. The summed E-state index contributed by atoms with van der Waals surface area (Å²) in [5.41, 5.74) is 9.12. The summed E-state index contributed by atoms with van der Waals surface area (Å²) >= 11 is 0. The van der Waals surface area contributed by atoms with Crippen LogP contribution in [0.15, 0.2) is 48.5 Å². The zero-order chi connectivity index (χ0) is 14.5. The summed E-state index contributed by atoms with van der Waals surface area (Å²) in [6.07, 6.45) is 0.340. The summed E-state index contributed by atoms with van der Waals surface area (Å²) in [5.74, 6) is -0.0364. The van der Waals surface area contributed by atoms with Crippen molar-refractivity contribution < 1.29 is 4.79 Å². The Hall–Kier alpha value is -2.49. The number of nitrogens with zero attached hydrogens (tertiary/aromatic N) is 1. The van der Waals surface area contributed by atoms with Crippen LogP contribution in [0.5, 0.6) is 0 Å². The third-order valence-corrected chi connectivity index (χ3v) is 2.99. The van der Waals surface area contributed by atoms with Crippen LogP contribution in [0, 0.1) is 0 Å². The molecule has 0 aromatic heterocycles. The number of nitrogens with two attached hydrogens (primary N) is 1. The molecule has 0 saturated carbocycles. The van der Waals surface area contributed by atoms with E-state index < -0.39 is 0 Å². The van der Waals surface area contributed by atoms with Gasteiger partial charge in [0.15, 0.2) is 0 Å². The van der Waals surface area contributed by atoms with Crippen molar-refractivity contribution in [3.63, 3.8) is 0 Å². The van der Waals surface area contributed by atoms with E-state index >= 15 is 0 Å². The van der Waals surface area contributed by atoms with Crippen LogP contribution in [0.1, 0.15) is 5.56 Å². The van der Waals surface area contributed by atoms with Crippen LogP contribution >= 0.6 is 0 Å². The molecule has 0 fully saturated rings. The van der Waals surface area contributed by atoms with Gasteiger partial charge in [-0.05, 0) is 35.9 Å². The average molecular weight is 269 g/mol. The second-order valence-corrected chi connectivity index (χ2v) is 4.91. The molecule has 104 valence electrons. The lowest BCUT2D eigenvalue weighted by molar-refractivity contribution is -0.115. The first-order chi connectivity index (χ1) is 9.54. The highest BCUT2D eigenvalue weighted by Gasteiger charge is 2.05. The number of nitrogen functional groups attached to an aromatic ring is 1. The van der Waals surface area contributed by atoms with E-state index in [0.29, 0.717) is 12.1 Å². The SMILES string of the molecule is CN(C)c1cccc(NC(=O)Cc2ccc(N)cc2)c1. The number of benzene rings is 2. The van der Waals surface area contributed by atoms with Gasteiger partial charge in [-0.3, -0.25) is 4.79 Å². The standard InChI is InChI=1S/C16H19N3O/c1-19(2)15-5-3-4-14(11-15)18-16(20)10-12-6-8-13(17)9-7-12/h3-9,11H,10,17H2,1-2H3,(H,18,20). The quantitative estimate of drug-likeness (QED) is 0.838. The number of carbonyl (C=O) groups is 1. The third kappa shape index (κ3) is 3.75. The zero-order valence-corrected chi connectivity index (χ0v) is 11.8. The van der Waals surface area contributed by atoms with Crippen molar-refractivity contribution in [3.8, 4) is 0 Å². The second-order valence-electron chi connectivity index (χ2n) is 4.91. The van der Waals surface area contributed by atoms with Crippen LogP contribution < -0.4 is 16.0 Å². The van der Waals surface area contributed by atoms with Crippen LogP contribution in [0.4, 0.5) is 17.1 Å². The number of carbonyl (C=O) groups excluding carboxylic acids is 1. The van der Waals surface area contributed by atoms with E-state index in [1.54, 1.807) is 12.1 Å². The van der Waals surface area contributed by atoms with E-state index in [1.165, 1.54) is 0 Å². The van der Waals surface area contributed by atoms with Gasteiger partial charge in [-0.15, -0.1) is 0 Å². The van der Waals surface area contributed by atoms with E-state index in [-0.39, 0.29) is 5.91 Å². The lowest BCUT2D eigenvalue weighted by atomic mass is 10.1. The van der Waals surface area contributed by atoms with Crippen LogP contribution in [0.25, 0.3) is 0 Å². The minimum atomic E-state index is -0.0364. The van der Waals surface area contributed by atoms with Crippen molar-refractivity contribution in [2.45, 2.75) is 6.42 Å². The van der Waals surface area contributed by atoms with E-state index in [4.69, 9.17) is 5.73 Å². The molecule has 2 rings (SSSR count). The zero-order valence-electron chi connectivity index (χ0n) is 11.8. The molecule has 0 saturated heterocycles. The predicted octanol–water partition coefficient (Wildman–Crippen LogP) is 2.52. The maximum absolute atomic E-state index is 12.0. The Labute approximate surface area is 119 Å². The van der Waals surface area contributed by atoms with Crippen molar-refractivity contribution >= 4 is 23.0 Å². The normalized spacial score (nSPS) is 10.1. The molecule has 20 heavy (non-hydrogen) atoms. The van der Waals surface area contributed by atoms with Gasteiger partial charge in [-0.1, -0.05) is 18.2 Å². The van der Waals surface area contributed by atoms with Gasteiger partial charge >= 0.3 is 0 Å². The second kappa shape index (κ2) is 6.10. The molecule has 0 atom stereocenters. The monoisotopic (exact) mass is 269 g/mol. The molecule has 0 aliphatic carbocycles. The molecule has 4 nitrogen and oxygen atoms in total. The molecule has 2 aromatic carbocycles. The molecule has 3 N–H and O–H groups in total. The summed E-state index contributed by atoms with van der Waals surface area (Å²) in [4.78, 5) is 14.0. The van der Waals surface area contributed by atoms with Gasteiger partial charge in [0.25, 0.3) is 0 Å². The fourth-order valence-corrected chi connectivity index (χ4v) is 1.89. The molecule has 0 radical (unpaired) electrons. The maximum Gasteiger partial charge on any atom is 0.228 e. The molecule has 0 aliphatic heterocycles. The van der Waals surface area contributed by atoms with Gasteiger partial charge in [0, 0.05) is 31.2 Å². The van der Waals surface area contributed by atoms with Crippen LogP contribution in [0.2, 0.25) is 0 Å². The van der Waals surface area contributed by atoms with Gasteiger partial charge in [-0.2, -0.15) is 0 Å². The van der Waals surface area contributed by atoms with Gasteiger partial charge in [0.2, 0.25) is 5.91 Å². The summed E-state index contributed by atoms with van der Waals surface area (Å²) < 4.78 is 0. The Morgan fingerprint density at radius 2 is 1.85 bits per heavy atom. The van der Waals surface area contributed by atoms with E-state index in [1.807, 2.05) is 55.4 Å². The number of anilines is 3. The van der Waals surface area contributed by atoms with Crippen molar-refractivity contribution in [2.75, 3.05) is 30.0 Å². The number of hydrogen-bond acceptors (Lipinski definition) is 3. The van der Waals surface area contributed by atoms with Crippen LogP contribution in [0.3, 0.4) is 0 Å². The maximum atomic E-state index is 12.0. The fourth-order valence-electron chi connectivity index (χ4n) is 1.89. The molecule has 0 bridgehead atoms. The Morgan fingerprint density at radius 3 is 2.50 bits per heavy atom. The Morgan fingerprint density at radius 1 is 1.15 bits per heavy atom. The van der Waals surface area contributed by atoms with Crippen molar-refractivity contribution in [2.24, 2.45) is 0 Å². The van der Waals surface area contributed by atoms with E-state index in [9.17, 15) is 4.79 Å². The molecule has 0 unspecified atom stereocenters. The predicted molar refractivity (Wildman–Crippen MR) is 84.0 cm³/mol. The molecule has 1 amide bonds. The topological polar surface area (TPSA) is 58.4 Å². The Balaban J connectivity index is 2.01. The third-order valence-electron chi connectivity index (χ3n) is 2.99. The van der Waals surface area contributed by atoms with Crippen LogP contribution in [-0.4, -0.2) is 20.0 Å². The molecule has 2 aromatic rings. The summed E-state index contributed by atoms with van der Waals surface area (Å²) in [6.45, 7) is 0. The first-order valence-electron chi connectivity index (χ1n) is 6.46. The highest BCUT2D eigenvalue weighted by atomic mass is 16.1. The minimum absolute atomic E-state index is 0.0364. The number of hydrogen-bond donors (Lipinski definition) is 2. The van der Waals surface area contributed by atoms with Crippen molar-refractivity contribution in [1.29, 1.82) is 0 Å². The summed E-state index contributed by atoms with van der Waals surface area (Å²) in [6, 6.07) is 15.1. The average Bonchev–Trinajstić information content (AvgIpc) is 2.41. The molecule has 0 heterocycles.